The summed E-state index contributed by atoms with van der Waals surface area (Å²) in [6.45, 7) is 3.35. The van der Waals surface area contributed by atoms with Gasteiger partial charge in [0.05, 0.1) is 12.0 Å². The smallest absolute Gasteiger partial charge is 0.305 e. The molecular formula is C9H17N3O2. The van der Waals surface area contributed by atoms with Crippen molar-refractivity contribution in [2.75, 3.05) is 26.2 Å². The molecule has 0 aromatic rings. The first-order valence-corrected chi connectivity index (χ1v) is 5.05. The molecule has 2 heterocycles. The van der Waals surface area contributed by atoms with Gasteiger partial charge in [-0.05, 0) is 6.42 Å². The Bertz CT molecular complexity index is 240. The van der Waals surface area contributed by atoms with Gasteiger partial charge < -0.3 is 16.2 Å². The maximum atomic E-state index is 10.8. The van der Waals surface area contributed by atoms with E-state index in [1.807, 2.05) is 0 Å². The van der Waals surface area contributed by atoms with Crippen LogP contribution >= 0.6 is 0 Å². The topological polar surface area (TPSA) is 78.6 Å². The van der Waals surface area contributed by atoms with E-state index >= 15 is 0 Å². The molecule has 2 rings (SSSR count). The lowest BCUT2D eigenvalue weighted by molar-refractivity contribution is -0.141. The number of carboxylic acid groups (broad SMARTS) is 1. The summed E-state index contributed by atoms with van der Waals surface area (Å²) in [5, 5.41) is 12.0. The van der Waals surface area contributed by atoms with Crippen molar-refractivity contribution in [2.24, 2.45) is 5.73 Å². The van der Waals surface area contributed by atoms with Gasteiger partial charge in [-0.1, -0.05) is 0 Å². The third kappa shape index (κ3) is 1.63. The lowest BCUT2D eigenvalue weighted by Gasteiger charge is -2.48. The molecular weight excluding hydrogens is 182 g/mol. The summed E-state index contributed by atoms with van der Waals surface area (Å²) in [7, 11) is 0. The maximum Gasteiger partial charge on any atom is 0.305 e. The first kappa shape index (κ1) is 9.89. The second kappa shape index (κ2) is 3.49. The van der Waals surface area contributed by atoms with Crippen molar-refractivity contribution in [1.82, 2.24) is 10.2 Å². The average Bonchev–Trinajstić information content (AvgIpc) is 2.44. The lowest BCUT2D eigenvalue weighted by Crippen LogP contribution is -2.69. The zero-order chi connectivity index (χ0) is 10.2. The molecule has 0 spiro atoms. The molecule has 0 aliphatic carbocycles. The molecule has 5 heteroatoms. The summed E-state index contributed by atoms with van der Waals surface area (Å²) in [5.74, 6) is -0.716. The van der Waals surface area contributed by atoms with E-state index in [-0.39, 0.29) is 18.0 Å². The van der Waals surface area contributed by atoms with Gasteiger partial charge in [-0.25, -0.2) is 0 Å². The third-order valence-electron chi connectivity index (χ3n) is 3.28. The van der Waals surface area contributed by atoms with Gasteiger partial charge in [0, 0.05) is 32.2 Å². The molecule has 80 valence electrons. The second-order valence-corrected chi connectivity index (χ2v) is 4.39. The zero-order valence-corrected chi connectivity index (χ0v) is 8.20. The lowest BCUT2D eigenvalue weighted by atomic mass is 9.87. The van der Waals surface area contributed by atoms with Crippen molar-refractivity contribution in [3.63, 3.8) is 0 Å². The van der Waals surface area contributed by atoms with Crippen LogP contribution in [-0.4, -0.2) is 53.7 Å². The SMILES string of the molecule is NC1CCN(C2(CC(=O)O)CNC2)C1. The van der Waals surface area contributed by atoms with E-state index in [2.05, 4.69) is 10.2 Å². The first-order valence-electron chi connectivity index (χ1n) is 5.05. The van der Waals surface area contributed by atoms with Gasteiger partial charge in [0.15, 0.2) is 0 Å². The van der Waals surface area contributed by atoms with Crippen LogP contribution in [0.1, 0.15) is 12.8 Å². The fraction of sp³-hybridized carbons (Fsp3) is 0.889. The molecule has 5 nitrogen and oxygen atoms in total. The van der Waals surface area contributed by atoms with Gasteiger partial charge >= 0.3 is 5.97 Å². The van der Waals surface area contributed by atoms with Gasteiger partial charge in [0.1, 0.15) is 0 Å². The van der Waals surface area contributed by atoms with Crippen LogP contribution in [0.5, 0.6) is 0 Å². The van der Waals surface area contributed by atoms with Crippen molar-refractivity contribution in [2.45, 2.75) is 24.4 Å². The molecule has 0 aromatic carbocycles. The van der Waals surface area contributed by atoms with E-state index in [1.54, 1.807) is 0 Å². The number of carboxylic acids is 1. The molecule has 2 aliphatic heterocycles. The Kier molecular flexibility index (Phi) is 2.47. The Hall–Kier alpha value is -0.650. The van der Waals surface area contributed by atoms with Crippen LogP contribution in [0.2, 0.25) is 0 Å². The fourth-order valence-corrected chi connectivity index (χ4v) is 2.37. The largest absolute Gasteiger partial charge is 0.481 e. The van der Waals surface area contributed by atoms with E-state index in [1.165, 1.54) is 0 Å². The zero-order valence-electron chi connectivity index (χ0n) is 8.20. The number of nitrogens with two attached hydrogens (primary N) is 1. The minimum absolute atomic E-state index is 0.153. The molecule has 0 bridgehead atoms. The number of aliphatic carboxylic acids is 1. The Morgan fingerprint density at radius 2 is 2.36 bits per heavy atom. The highest BCUT2D eigenvalue weighted by Gasteiger charge is 2.46. The highest BCUT2D eigenvalue weighted by Crippen LogP contribution is 2.28. The Balaban J connectivity index is 2.01. The number of nitrogens with one attached hydrogen (secondary N) is 1. The number of carbonyl (C=O) groups is 1. The van der Waals surface area contributed by atoms with Crippen LogP contribution in [0.3, 0.4) is 0 Å². The fourth-order valence-electron chi connectivity index (χ4n) is 2.37. The standard InChI is InChI=1S/C9H17N3O2/c10-7-1-2-12(4-7)9(3-8(13)14)5-11-6-9/h7,11H,1-6,10H2,(H,13,14). The van der Waals surface area contributed by atoms with Crippen LogP contribution in [-0.2, 0) is 4.79 Å². The monoisotopic (exact) mass is 199 g/mol. The number of likely N-dealkylation sites (tertiary alicyclic amines) is 1. The van der Waals surface area contributed by atoms with E-state index in [4.69, 9.17) is 10.8 Å². The van der Waals surface area contributed by atoms with Crippen LogP contribution in [0.4, 0.5) is 0 Å². The predicted octanol–water partition coefficient (Wildman–Crippen LogP) is -1.16. The molecule has 1 atom stereocenters. The summed E-state index contributed by atoms with van der Waals surface area (Å²) in [5.41, 5.74) is 5.67. The molecule has 1 unspecified atom stereocenters. The maximum absolute atomic E-state index is 10.8. The Morgan fingerprint density at radius 3 is 2.71 bits per heavy atom. The van der Waals surface area contributed by atoms with Crippen LogP contribution in [0, 0.1) is 0 Å². The Labute approximate surface area is 83.3 Å². The van der Waals surface area contributed by atoms with E-state index in [9.17, 15) is 4.79 Å². The summed E-state index contributed by atoms with van der Waals surface area (Å²) in [4.78, 5) is 13.0. The van der Waals surface area contributed by atoms with Crippen molar-refractivity contribution in [1.29, 1.82) is 0 Å². The van der Waals surface area contributed by atoms with Crippen molar-refractivity contribution in [3.8, 4) is 0 Å². The second-order valence-electron chi connectivity index (χ2n) is 4.39. The van der Waals surface area contributed by atoms with Gasteiger partial charge in [0.2, 0.25) is 0 Å². The summed E-state index contributed by atoms with van der Waals surface area (Å²) >= 11 is 0. The van der Waals surface area contributed by atoms with E-state index in [0.29, 0.717) is 0 Å². The summed E-state index contributed by atoms with van der Waals surface area (Å²) in [6, 6.07) is 0.223. The molecule has 0 amide bonds. The number of rotatable bonds is 3. The van der Waals surface area contributed by atoms with E-state index < -0.39 is 5.97 Å². The summed E-state index contributed by atoms with van der Waals surface area (Å²) < 4.78 is 0. The number of hydrogen-bond acceptors (Lipinski definition) is 4. The van der Waals surface area contributed by atoms with Crippen molar-refractivity contribution < 1.29 is 9.90 Å². The first-order chi connectivity index (χ1) is 6.62. The van der Waals surface area contributed by atoms with Crippen molar-refractivity contribution in [3.05, 3.63) is 0 Å². The highest BCUT2D eigenvalue weighted by molar-refractivity contribution is 5.68. The Morgan fingerprint density at radius 1 is 1.64 bits per heavy atom. The average molecular weight is 199 g/mol. The number of hydrogen-bond donors (Lipinski definition) is 3. The van der Waals surface area contributed by atoms with Gasteiger partial charge in [0.25, 0.3) is 0 Å². The van der Waals surface area contributed by atoms with Gasteiger partial charge in [-0.3, -0.25) is 9.69 Å². The molecule has 14 heavy (non-hydrogen) atoms. The molecule has 2 fully saturated rings. The molecule has 4 N–H and O–H groups in total. The van der Waals surface area contributed by atoms with Crippen LogP contribution < -0.4 is 11.1 Å². The minimum atomic E-state index is -0.716. The molecule has 2 aliphatic rings. The number of nitrogens with zero attached hydrogens (tertiary/aromatic N) is 1. The van der Waals surface area contributed by atoms with Crippen LogP contribution in [0.25, 0.3) is 0 Å². The summed E-state index contributed by atoms with van der Waals surface area (Å²) in [6.07, 6.45) is 1.22. The quantitative estimate of drug-likeness (QED) is 0.534. The predicted molar refractivity (Wildman–Crippen MR) is 52.0 cm³/mol. The minimum Gasteiger partial charge on any atom is -0.481 e. The van der Waals surface area contributed by atoms with Gasteiger partial charge in [-0.15, -0.1) is 0 Å². The van der Waals surface area contributed by atoms with Gasteiger partial charge in [-0.2, -0.15) is 0 Å². The van der Waals surface area contributed by atoms with E-state index in [0.717, 1.165) is 32.6 Å². The van der Waals surface area contributed by atoms with Crippen molar-refractivity contribution >= 4 is 5.97 Å². The highest BCUT2D eigenvalue weighted by atomic mass is 16.4. The normalized spacial score (nSPS) is 31.4. The third-order valence-corrected chi connectivity index (χ3v) is 3.28. The molecule has 0 aromatic heterocycles. The molecule has 2 saturated heterocycles. The molecule has 0 radical (unpaired) electrons. The van der Waals surface area contributed by atoms with Crippen LogP contribution in [0.15, 0.2) is 0 Å². The molecule has 0 saturated carbocycles.